The van der Waals surface area contributed by atoms with Crippen molar-refractivity contribution in [2.75, 3.05) is 6.61 Å². The van der Waals surface area contributed by atoms with E-state index in [2.05, 4.69) is 6.58 Å². The van der Waals surface area contributed by atoms with E-state index < -0.39 is 4.92 Å². The van der Waals surface area contributed by atoms with Crippen LogP contribution in [0.5, 0.6) is 0 Å². The van der Waals surface area contributed by atoms with Gasteiger partial charge in [-0.15, -0.1) is 0 Å². The van der Waals surface area contributed by atoms with Crippen LogP contribution in [0.15, 0.2) is 24.1 Å². The predicted octanol–water partition coefficient (Wildman–Crippen LogP) is 2.35. The normalized spacial score (nSPS) is 12.3. The van der Waals surface area contributed by atoms with Gasteiger partial charge < -0.3 is 4.74 Å². The number of nitro groups is 1. The van der Waals surface area contributed by atoms with E-state index in [9.17, 15) is 10.1 Å². The van der Waals surface area contributed by atoms with Crippen LogP contribution in [0.25, 0.3) is 0 Å². The van der Waals surface area contributed by atoms with Crippen molar-refractivity contribution in [3.05, 3.63) is 34.2 Å². The summed E-state index contributed by atoms with van der Waals surface area (Å²) >= 11 is 0. The molecule has 0 aromatic heterocycles. The zero-order valence-electron chi connectivity index (χ0n) is 8.24. The average Bonchev–Trinajstić information content (AvgIpc) is 2.02. The van der Waals surface area contributed by atoms with Gasteiger partial charge in [0.1, 0.15) is 0 Å². The highest BCUT2D eigenvalue weighted by Gasteiger charge is 2.21. The first-order valence-corrected chi connectivity index (χ1v) is 4.18. The molecule has 0 atom stereocenters. The zero-order chi connectivity index (χ0) is 10.4. The Bertz CT molecular complexity index is 231. The molecule has 0 aliphatic carbocycles. The van der Waals surface area contributed by atoms with Crippen molar-refractivity contribution < 1.29 is 9.66 Å². The topological polar surface area (TPSA) is 52.4 Å². The Hall–Kier alpha value is -1.32. The van der Waals surface area contributed by atoms with E-state index in [4.69, 9.17) is 4.74 Å². The lowest BCUT2D eigenvalue weighted by Gasteiger charge is -2.07. The van der Waals surface area contributed by atoms with Crippen molar-refractivity contribution in [2.45, 2.75) is 20.8 Å². The molecule has 13 heavy (non-hydrogen) atoms. The molecule has 0 N–H and O–H groups in total. The Balaban J connectivity index is 5.00. The zero-order valence-corrected chi connectivity index (χ0v) is 8.24. The molecule has 0 amide bonds. The molecule has 4 heteroatoms. The van der Waals surface area contributed by atoms with Crippen molar-refractivity contribution >= 4 is 0 Å². The van der Waals surface area contributed by atoms with Crippen LogP contribution < -0.4 is 0 Å². The molecular formula is C9H15NO3. The molecule has 0 fully saturated rings. The van der Waals surface area contributed by atoms with Gasteiger partial charge in [0.2, 0.25) is 0 Å². The summed E-state index contributed by atoms with van der Waals surface area (Å²) in [6, 6.07) is 0. The second-order valence-corrected chi connectivity index (χ2v) is 2.80. The SMILES string of the molecule is C=C/C(OCC)=C(/C(C)C)[N+](=O)[O-]. The Morgan fingerprint density at radius 2 is 2.23 bits per heavy atom. The first kappa shape index (κ1) is 11.7. The van der Waals surface area contributed by atoms with E-state index in [1.54, 1.807) is 20.8 Å². The fraction of sp³-hybridized carbons (Fsp3) is 0.556. The minimum atomic E-state index is -0.419. The van der Waals surface area contributed by atoms with E-state index in [1.165, 1.54) is 6.08 Å². The first-order chi connectivity index (χ1) is 6.04. The quantitative estimate of drug-likeness (QED) is 0.286. The lowest BCUT2D eigenvalue weighted by atomic mass is 10.1. The smallest absolute Gasteiger partial charge is 0.290 e. The molecule has 0 heterocycles. The summed E-state index contributed by atoms with van der Waals surface area (Å²) in [5.74, 6) is 0.0945. The van der Waals surface area contributed by atoms with Crippen LogP contribution in [-0.2, 0) is 4.74 Å². The van der Waals surface area contributed by atoms with Crippen molar-refractivity contribution in [3.8, 4) is 0 Å². The van der Waals surface area contributed by atoms with Gasteiger partial charge in [0.25, 0.3) is 5.70 Å². The Kier molecular flexibility index (Phi) is 4.80. The number of hydrogen-bond acceptors (Lipinski definition) is 3. The summed E-state index contributed by atoms with van der Waals surface area (Å²) in [7, 11) is 0. The molecule has 0 rings (SSSR count). The Labute approximate surface area is 78.0 Å². The van der Waals surface area contributed by atoms with E-state index in [0.717, 1.165) is 0 Å². The molecule has 0 aromatic carbocycles. The predicted molar refractivity (Wildman–Crippen MR) is 50.7 cm³/mol. The molecule has 0 aromatic rings. The van der Waals surface area contributed by atoms with E-state index in [1.807, 2.05) is 0 Å². The molecule has 4 nitrogen and oxygen atoms in total. The van der Waals surface area contributed by atoms with Gasteiger partial charge >= 0.3 is 0 Å². The number of ether oxygens (including phenoxy) is 1. The van der Waals surface area contributed by atoms with Crippen LogP contribution in [0.1, 0.15) is 20.8 Å². The fourth-order valence-electron chi connectivity index (χ4n) is 0.978. The third kappa shape index (κ3) is 3.27. The minimum Gasteiger partial charge on any atom is -0.487 e. The molecule has 74 valence electrons. The molecule has 0 spiro atoms. The summed E-state index contributed by atoms with van der Waals surface area (Å²) < 4.78 is 5.10. The van der Waals surface area contributed by atoms with Gasteiger partial charge in [-0.1, -0.05) is 20.4 Å². The van der Waals surface area contributed by atoms with E-state index in [-0.39, 0.29) is 17.4 Å². The number of rotatable bonds is 5. The summed E-state index contributed by atoms with van der Waals surface area (Å²) in [5, 5.41) is 10.6. The lowest BCUT2D eigenvalue weighted by molar-refractivity contribution is -0.435. The van der Waals surface area contributed by atoms with Gasteiger partial charge in [0.15, 0.2) is 5.76 Å². The molecule has 0 bridgehead atoms. The summed E-state index contributed by atoms with van der Waals surface area (Å²) in [4.78, 5) is 10.2. The molecule has 0 aliphatic heterocycles. The van der Waals surface area contributed by atoms with E-state index >= 15 is 0 Å². The molecule has 0 radical (unpaired) electrons. The highest BCUT2D eigenvalue weighted by Crippen LogP contribution is 2.17. The largest absolute Gasteiger partial charge is 0.487 e. The molecule has 0 unspecified atom stereocenters. The number of nitrogens with zero attached hydrogens (tertiary/aromatic N) is 1. The standard InChI is InChI=1S/C9H15NO3/c1-5-8(13-6-2)9(7(3)4)10(11)12/h5,7H,1,6H2,2-4H3/b9-8+. The maximum absolute atomic E-state index is 10.6. The summed E-state index contributed by atoms with van der Waals surface area (Å²) in [5.41, 5.74) is 0.0804. The van der Waals surface area contributed by atoms with Crippen LogP contribution >= 0.6 is 0 Å². The Morgan fingerprint density at radius 1 is 1.69 bits per heavy atom. The molecule has 0 saturated heterocycles. The van der Waals surface area contributed by atoms with Crippen molar-refractivity contribution in [3.63, 3.8) is 0 Å². The fourth-order valence-corrected chi connectivity index (χ4v) is 0.978. The van der Waals surface area contributed by atoms with Gasteiger partial charge in [-0.25, -0.2) is 0 Å². The number of hydrogen-bond donors (Lipinski definition) is 0. The highest BCUT2D eigenvalue weighted by atomic mass is 16.6. The molecular weight excluding hydrogens is 170 g/mol. The van der Waals surface area contributed by atoms with E-state index in [0.29, 0.717) is 6.61 Å². The third-order valence-corrected chi connectivity index (χ3v) is 1.48. The van der Waals surface area contributed by atoms with Crippen LogP contribution in [0.4, 0.5) is 0 Å². The summed E-state index contributed by atoms with van der Waals surface area (Å²) in [6.45, 7) is 9.17. The second kappa shape index (κ2) is 5.35. The molecule has 0 aliphatic rings. The number of allylic oxidation sites excluding steroid dienone is 2. The monoisotopic (exact) mass is 185 g/mol. The maximum atomic E-state index is 10.6. The first-order valence-electron chi connectivity index (χ1n) is 4.18. The van der Waals surface area contributed by atoms with Crippen LogP contribution in [0.2, 0.25) is 0 Å². The van der Waals surface area contributed by atoms with Crippen molar-refractivity contribution in [2.24, 2.45) is 5.92 Å². The maximum Gasteiger partial charge on any atom is 0.290 e. The average molecular weight is 185 g/mol. The van der Waals surface area contributed by atoms with Gasteiger partial charge in [0, 0.05) is 5.92 Å². The summed E-state index contributed by atoms with van der Waals surface area (Å²) in [6.07, 6.45) is 1.38. The Morgan fingerprint density at radius 3 is 2.46 bits per heavy atom. The third-order valence-electron chi connectivity index (χ3n) is 1.48. The van der Waals surface area contributed by atoms with Gasteiger partial charge in [0.05, 0.1) is 11.5 Å². The second-order valence-electron chi connectivity index (χ2n) is 2.80. The van der Waals surface area contributed by atoms with Crippen molar-refractivity contribution in [1.82, 2.24) is 0 Å². The van der Waals surface area contributed by atoms with Gasteiger partial charge in [-0.2, -0.15) is 0 Å². The van der Waals surface area contributed by atoms with Gasteiger partial charge in [-0.05, 0) is 13.0 Å². The van der Waals surface area contributed by atoms with Crippen LogP contribution in [0, 0.1) is 16.0 Å². The van der Waals surface area contributed by atoms with Gasteiger partial charge in [-0.3, -0.25) is 10.1 Å². The van der Waals surface area contributed by atoms with Crippen LogP contribution in [0.3, 0.4) is 0 Å². The van der Waals surface area contributed by atoms with Crippen molar-refractivity contribution in [1.29, 1.82) is 0 Å². The minimum absolute atomic E-state index is 0.0804. The molecule has 0 saturated carbocycles. The lowest BCUT2D eigenvalue weighted by Crippen LogP contribution is -2.10. The van der Waals surface area contributed by atoms with Crippen LogP contribution in [-0.4, -0.2) is 11.5 Å². The highest BCUT2D eigenvalue weighted by molar-refractivity contribution is 5.14.